The molecule has 0 bridgehead atoms. The van der Waals surface area contributed by atoms with E-state index in [0.717, 1.165) is 25.7 Å². The number of rotatable bonds is 8. The zero-order valence-electron chi connectivity index (χ0n) is 16.0. The molecule has 2 aromatic carbocycles. The fourth-order valence-corrected chi connectivity index (χ4v) is 4.46. The molecule has 1 amide bonds. The van der Waals surface area contributed by atoms with Crippen LogP contribution in [0.1, 0.15) is 43.4 Å². The summed E-state index contributed by atoms with van der Waals surface area (Å²) in [6, 6.07) is 14.3. The minimum absolute atomic E-state index is 0.0122. The third-order valence-electron chi connectivity index (χ3n) is 4.75. The minimum atomic E-state index is -3.50. The fraction of sp³-hybridized carbons (Fsp3) is 0.381. The van der Waals surface area contributed by atoms with E-state index in [2.05, 4.69) is 22.2 Å². The van der Waals surface area contributed by atoms with E-state index in [1.807, 2.05) is 19.1 Å². The number of benzene rings is 2. The molecule has 1 aliphatic rings. The molecule has 1 aliphatic carbocycles. The molecule has 0 saturated heterocycles. The Bertz CT molecular complexity index is 910. The summed E-state index contributed by atoms with van der Waals surface area (Å²) in [6.45, 7) is 2.18. The normalized spacial score (nSPS) is 16.2. The lowest BCUT2D eigenvalue weighted by Crippen LogP contribution is -2.34. The first-order chi connectivity index (χ1) is 13.5. The third-order valence-corrected chi connectivity index (χ3v) is 6.23. The van der Waals surface area contributed by atoms with Gasteiger partial charge in [0.15, 0.2) is 6.61 Å². The van der Waals surface area contributed by atoms with Crippen LogP contribution in [0.2, 0.25) is 0 Å². The summed E-state index contributed by atoms with van der Waals surface area (Å²) in [5.74, 6) is 0.261. The monoisotopic (exact) mass is 402 g/mol. The number of hydrogen-bond donors (Lipinski definition) is 2. The van der Waals surface area contributed by atoms with E-state index >= 15 is 0 Å². The van der Waals surface area contributed by atoms with Gasteiger partial charge in [0.25, 0.3) is 5.91 Å². The molecule has 0 fully saturated rings. The maximum absolute atomic E-state index is 12.3. The van der Waals surface area contributed by atoms with Gasteiger partial charge in [-0.1, -0.05) is 31.2 Å². The maximum atomic E-state index is 12.3. The molecule has 7 heteroatoms. The minimum Gasteiger partial charge on any atom is -0.484 e. The van der Waals surface area contributed by atoms with Gasteiger partial charge in [-0.3, -0.25) is 4.79 Å². The smallest absolute Gasteiger partial charge is 0.258 e. The van der Waals surface area contributed by atoms with Crippen LogP contribution in [0.5, 0.6) is 5.75 Å². The lowest BCUT2D eigenvalue weighted by Gasteiger charge is -2.26. The van der Waals surface area contributed by atoms with Crippen molar-refractivity contribution >= 4 is 15.9 Å². The number of hydrogen-bond acceptors (Lipinski definition) is 4. The number of amides is 1. The molecular weight excluding hydrogens is 376 g/mol. The fourth-order valence-electron chi connectivity index (χ4n) is 3.32. The van der Waals surface area contributed by atoms with Crippen LogP contribution < -0.4 is 14.8 Å². The number of sulfonamides is 1. The molecule has 0 saturated carbocycles. The number of carbonyl (C=O) groups is 1. The van der Waals surface area contributed by atoms with Gasteiger partial charge < -0.3 is 10.1 Å². The summed E-state index contributed by atoms with van der Waals surface area (Å²) in [7, 11) is -3.50. The Balaban J connectivity index is 1.54. The van der Waals surface area contributed by atoms with E-state index in [1.54, 1.807) is 12.1 Å². The van der Waals surface area contributed by atoms with Crippen molar-refractivity contribution in [2.75, 3.05) is 13.2 Å². The zero-order valence-corrected chi connectivity index (χ0v) is 16.8. The average Bonchev–Trinajstić information content (AvgIpc) is 2.71. The molecule has 0 radical (unpaired) electrons. The van der Waals surface area contributed by atoms with Gasteiger partial charge in [-0.25, -0.2) is 13.1 Å². The van der Waals surface area contributed by atoms with E-state index in [0.29, 0.717) is 12.3 Å². The summed E-state index contributed by atoms with van der Waals surface area (Å²) in [6.07, 6.45) is 3.73. The first-order valence-corrected chi connectivity index (χ1v) is 11.1. The topological polar surface area (TPSA) is 84.5 Å². The van der Waals surface area contributed by atoms with Crippen molar-refractivity contribution in [3.05, 3.63) is 59.7 Å². The van der Waals surface area contributed by atoms with Crippen LogP contribution in [0.25, 0.3) is 0 Å². The molecule has 0 heterocycles. The van der Waals surface area contributed by atoms with E-state index in [4.69, 9.17) is 4.74 Å². The Morgan fingerprint density at radius 1 is 1.14 bits per heavy atom. The van der Waals surface area contributed by atoms with Crippen LogP contribution in [-0.4, -0.2) is 27.5 Å². The summed E-state index contributed by atoms with van der Waals surface area (Å²) in [4.78, 5) is 12.5. The molecular formula is C21H26N2O4S. The molecule has 1 atom stereocenters. The highest BCUT2D eigenvalue weighted by Crippen LogP contribution is 2.29. The summed E-state index contributed by atoms with van der Waals surface area (Å²) >= 11 is 0. The molecule has 2 aromatic rings. The highest BCUT2D eigenvalue weighted by Gasteiger charge is 2.21. The Labute approximate surface area is 166 Å². The summed E-state index contributed by atoms with van der Waals surface area (Å²) in [5, 5.41) is 3.03. The van der Waals surface area contributed by atoms with Crippen molar-refractivity contribution in [2.24, 2.45) is 0 Å². The van der Waals surface area contributed by atoms with Gasteiger partial charge in [-0.15, -0.1) is 0 Å². The molecule has 1 unspecified atom stereocenters. The van der Waals surface area contributed by atoms with Crippen LogP contribution in [0.4, 0.5) is 0 Å². The standard InChI is InChI=1S/C21H26N2O4S/c1-2-14-22-28(25,26)18-12-10-17(11-13-18)27-15-21(24)23-20-9-5-7-16-6-3-4-8-19(16)20/h3-4,6,8,10-13,20,22H,2,5,7,9,14-15H2,1H3,(H,23,24). The van der Waals surface area contributed by atoms with E-state index in [-0.39, 0.29) is 23.5 Å². The van der Waals surface area contributed by atoms with Crippen LogP contribution in [0.3, 0.4) is 0 Å². The van der Waals surface area contributed by atoms with Crippen molar-refractivity contribution in [1.29, 1.82) is 0 Å². The summed E-state index contributed by atoms with van der Waals surface area (Å²) < 4.78 is 32.2. The SMILES string of the molecule is CCCNS(=O)(=O)c1ccc(OCC(=O)NC2CCCc3ccccc32)cc1. The van der Waals surface area contributed by atoms with Gasteiger partial charge in [-0.05, 0) is 61.1 Å². The molecule has 3 rings (SSSR count). The van der Waals surface area contributed by atoms with Gasteiger partial charge in [0.05, 0.1) is 10.9 Å². The largest absolute Gasteiger partial charge is 0.484 e. The van der Waals surface area contributed by atoms with Gasteiger partial charge in [0, 0.05) is 6.54 Å². The van der Waals surface area contributed by atoms with Crippen molar-refractivity contribution in [1.82, 2.24) is 10.0 Å². The predicted octanol–water partition coefficient (Wildman–Crippen LogP) is 2.95. The van der Waals surface area contributed by atoms with E-state index in [9.17, 15) is 13.2 Å². The van der Waals surface area contributed by atoms with Gasteiger partial charge in [0.1, 0.15) is 5.75 Å². The Hall–Kier alpha value is -2.38. The van der Waals surface area contributed by atoms with E-state index in [1.165, 1.54) is 23.3 Å². The molecule has 150 valence electrons. The van der Waals surface area contributed by atoms with Gasteiger partial charge in [0.2, 0.25) is 10.0 Å². The molecule has 0 aromatic heterocycles. The zero-order chi connectivity index (χ0) is 20.0. The Morgan fingerprint density at radius 3 is 2.64 bits per heavy atom. The van der Waals surface area contributed by atoms with Crippen LogP contribution in [0.15, 0.2) is 53.4 Å². The average molecular weight is 403 g/mol. The lowest BCUT2D eigenvalue weighted by molar-refractivity contribution is -0.123. The summed E-state index contributed by atoms with van der Waals surface area (Å²) in [5.41, 5.74) is 2.46. The third kappa shape index (κ3) is 5.11. The number of carbonyl (C=O) groups excluding carboxylic acids is 1. The molecule has 0 spiro atoms. The Kier molecular flexibility index (Phi) is 6.70. The quantitative estimate of drug-likeness (QED) is 0.711. The molecule has 2 N–H and O–H groups in total. The number of ether oxygens (including phenoxy) is 1. The van der Waals surface area contributed by atoms with Crippen molar-refractivity contribution in [3.63, 3.8) is 0 Å². The first kappa shape index (κ1) is 20.4. The predicted molar refractivity (Wildman–Crippen MR) is 108 cm³/mol. The highest BCUT2D eigenvalue weighted by atomic mass is 32.2. The van der Waals surface area contributed by atoms with Gasteiger partial charge >= 0.3 is 0 Å². The van der Waals surface area contributed by atoms with Crippen molar-refractivity contribution in [2.45, 2.75) is 43.5 Å². The number of fused-ring (bicyclic) bond motifs is 1. The second kappa shape index (κ2) is 9.21. The van der Waals surface area contributed by atoms with Crippen molar-refractivity contribution < 1.29 is 17.9 Å². The van der Waals surface area contributed by atoms with Crippen LogP contribution >= 0.6 is 0 Å². The van der Waals surface area contributed by atoms with Gasteiger partial charge in [-0.2, -0.15) is 0 Å². The Morgan fingerprint density at radius 2 is 1.89 bits per heavy atom. The second-order valence-corrected chi connectivity index (χ2v) is 8.64. The lowest BCUT2D eigenvalue weighted by atomic mass is 9.88. The molecule has 0 aliphatic heterocycles. The number of nitrogens with one attached hydrogen (secondary N) is 2. The first-order valence-electron chi connectivity index (χ1n) is 9.59. The number of aryl methyl sites for hydroxylation is 1. The highest BCUT2D eigenvalue weighted by molar-refractivity contribution is 7.89. The second-order valence-electron chi connectivity index (χ2n) is 6.87. The van der Waals surface area contributed by atoms with Crippen LogP contribution in [-0.2, 0) is 21.2 Å². The molecule has 6 nitrogen and oxygen atoms in total. The molecule has 28 heavy (non-hydrogen) atoms. The maximum Gasteiger partial charge on any atom is 0.258 e. The van der Waals surface area contributed by atoms with E-state index < -0.39 is 10.0 Å². The van der Waals surface area contributed by atoms with Crippen LogP contribution in [0, 0.1) is 0 Å². The van der Waals surface area contributed by atoms with Crippen molar-refractivity contribution in [3.8, 4) is 5.75 Å².